The third-order valence-corrected chi connectivity index (χ3v) is 6.74. The second-order valence-corrected chi connectivity index (χ2v) is 8.91. The molecular weight excluding hydrogens is 380 g/mol. The van der Waals surface area contributed by atoms with Crippen molar-refractivity contribution in [2.45, 2.75) is 81.8 Å². The molecule has 8 heteroatoms. The van der Waals surface area contributed by atoms with E-state index >= 15 is 0 Å². The van der Waals surface area contributed by atoms with Crippen molar-refractivity contribution in [3.8, 4) is 0 Å². The van der Waals surface area contributed by atoms with E-state index in [4.69, 9.17) is 4.84 Å². The maximum atomic E-state index is 13.0. The molecule has 156 valence electrons. The fourth-order valence-electron chi connectivity index (χ4n) is 3.46. The summed E-state index contributed by atoms with van der Waals surface area (Å²) in [5.74, 6) is 0. The molecule has 0 saturated carbocycles. The van der Waals surface area contributed by atoms with Crippen LogP contribution in [0.15, 0.2) is 41.8 Å². The molecule has 7 nitrogen and oxygen atoms in total. The lowest BCUT2D eigenvalue weighted by atomic mass is 10.0. The molecule has 1 heterocycles. The minimum atomic E-state index is -4.16. The number of rotatable bonds is 12. The van der Waals surface area contributed by atoms with Gasteiger partial charge in [0.25, 0.3) is 15.7 Å². The summed E-state index contributed by atoms with van der Waals surface area (Å²) in [5, 5.41) is 11.2. The minimum absolute atomic E-state index is 0.226. The highest BCUT2D eigenvalue weighted by molar-refractivity contribution is 7.89. The van der Waals surface area contributed by atoms with Crippen LogP contribution in [0.25, 0.3) is 0 Å². The van der Waals surface area contributed by atoms with E-state index in [0.29, 0.717) is 6.42 Å². The van der Waals surface area contributed by atoms with Crippen molar-refractivity contribution in [1.29, 1.82) is 0 Å². The number of para-hydroxylation sites is 1. The van der Waals surface area contributed by atoms with E-state index in [1.165, 1.54) is 62.4 Å². The predicted molar refractivity (Wildman–Crippen MR) is 108 cm³/mol. The minimum Gasteiger partial charge on any atom is -0.280 e. The van der Waals surface area contributed by atoms with Gasteiger partial charge in [-0.05, 0) is 18.9 Å². The van der Waals surface area contributed by atoms with Crippen molar-refractivity contribution in [2.24, 2.45) is 0 Å². The summed E-state index contributed by atoms with van der Waals surface area (Å²) in [6, 6.07) is 4.80. The Morgan fingerprint density at radius 3 is 2.50 bits per heavy atom. The van der Waals surface area contributed by atoms with Crippen LogP contribution in [0.5, 0.6) is 0 Å². The molecule has 0 unspecified atom stereocenters. The Morgan fingerprint density at radius 2 is 1.86 bits per heavy atom. The van der Waals surface area contributed by atoms with Gasteiger partial charge >= 0.3 is 0 Å². The SMILES string of the molecule is C=C[C@H]1C[C@@H](CCCCCCCCC)ON1S(=O)(=O)c1ccccc1[N+](=O)[O-]. The number of benzene rings is 1. The third-order valence-electron chi connectivity index (χ3n) is 5.01. The van der Waals surface area contributed by atoms with Crippen molar-refractivity contribution in [3.63, 3.8) is 0 Å². The number of sulfonamides is 1. The van der Waals surface area contributed by atoms with Crippen LogP contribution in [0.2, 0.25) is 0 Å². The molecule has 1 aliphatic heterocycles. The molecule has 1 aromatic rings. The van der Waals surface area contributed by atoms with Crippen LogP contribution >= 0.6 is 0 Å². The first kappa shape index (κ1) is 22.5. The third kappa shape index (κ3) is 5.62. The molecule has 0 aromatic heterocycles. The highest BCUT2D eigenvalue weighted by Crippen LogP contribution is 2.34. The Balaban J connectivity index is 2.00. The molecule has 0 N–H and O–H groups in total. The highest BCUT2D eigenvalue weighted by Gasteiger charge is 2.42. The van der Waals surface area contributed by atoms with E-state index in [1.807, 2.05) is 0 Å². The van der Waals surface area contributed by atoms with Crippen LogP contribution < -0.4 is 0 Å². The summed E-state index contributed by atoms with van der Waals surface area (Å²) in [5.41, 5.74) is -0.454. The fraction of sp³-hybridized carbons (Fsp3) is 0.600. The Hall–Kier alpha value is -1.77. The molecule has 28 heavy (non-hydrogen) atoms. The summed E-state index contributed by atoms with van der Waals surface area (Å²) in [7, 11) is -4.16. The van der Waals surface area contributed by atoms with Gasteiger partial charge in [-0.2, -0.15) is 0 Å². The standard InChI is InChI=1S/C20H30N2O5S/c1-3-5-6-7-8-9-10-13-18-16-17(4-2)22(27-18)28(25,26)20-15-12-11-14-19(20)21(23)24/h4,11-12,14-15,17-18H,2-3,5-10,13,16H2,1H3/t17-,18+/m0/s1. The molecule has 1 aromatic carbocycles. The van der Waals surface area contributed by atoms with Gasteiger partial charge in [-0.15, -0.1) is 6.58 Å². The van der Waals surface area contributed by atoms with Crippen LogP contribution in [0.1, 0.15) is 64.7 Å². The molecule has 1 aliphatic rings. The van der Waals surface area contributed by atoms with E-state index in [0.717, 1.165) is 23.7 Å². The van der Waals surface area contributed by atoms with Crippen LogP contribution in [-0.4, -0.2) is 30.0 Å². The quantitative estimate of drug-likeness (QED) is 0.210. The summed E-state index contributed by atoms with van der Waals surface area (Å²) in [4.78, 5) is 15.9. The summed E-state index contributed by atoms with van der Waals surface area (Å²) in [6.07, 6.45) is 10.8. The van der Waals surface area contributed by atoms with E-state index in [2.05, 4.69) is 13.5 Å². The Bertz CT molecular complexity index is 766. The van der Waals surface area contributed by atoms with Gasteiger partial charge in [-0.3, -0.25) is 15.0 Å². The Labute approximate surface area is 167 Å². The monoisotopic (exact) mass is 410 g/mol. The van der Waals surface area contributed by atoms with Crippen LogP contribution in [-0.2, 0) is 14.9 Å². The zero-order valence-electron chi connectivity index (χ0n) is 16.5. The van der Waals surface area contributed by atoms with Crippen LogP contribution in [0, 0.1) is 10.1 Å². The van der Waals surface area contributed by atoms with Gasteiger partial charge in [0, 0.05) is 6.07 Å². The number of nitro benzene ring substituents is 1. The second kappa shape index (κ2) is 10.7. The van der Waals surface area contributed by atoms with E-state index in [-0.39, 0.29) is 11.0 Å². The molecule has 1 saturated heterocycles. The zero-order valence-corrected chi connectivity index (χ0v) is 17.3. The molecule has 0 spiro atoms. The van der Waals surface area contributed by atoms with Crippen molar-refractivity contribution in [2.75, 3.05) is 0 Å². The van der Waals surface area contributed by atoms with Gasteiger partial charge in [0.2, 0.25) is 0 Å². The number of unbranched alkanes of at least 4 members (excludes halogenated alkanes) is 6. The molecular formula is C20H30N2O5S. The molecule has 0 amide bonds. The van der Waals surface area contributed by atoms with Gasteiger partial charge in [0.1, 0.15) is 0 Å². The van der Waals surface area contributed by atoms with Crippen molar-refractivity contribution < 1.29 is 18.2 Å². The van der Waals surface area contributed by atoms with Crippen LogP contribution in [0.4, 0.5) is 5.69 Å². The average molecular weight is 411 g/mol. The number of hydrogen-bond donors (Lipinski definition) is 0. The summed E-state index contributed by atoms with van der Waals surface area (Å²) < 4.78 is 26.9. The smallest absolute Gasteiger partial charge is 0.280 e. The second-order valence-electron chi connectivity index (χ2n) is 7.16. The Morgan fingerprint density at radius 1 is 1.21 bits per heavy atom. The number of hydrogen-bond acceptors (Lipinski definition) is 5. The molecule has 1 fully saturated rings. The molecule has 2 atom stereocenters. The number of nitrogens with zero attached hydrogens (tertiary/aromatic N) is 2. The lowest BCUT2D eigenvalue weighted by Gasteiger charge is -2.20. The van der Waals surface area contributed by atoms with Crippen LogP contribution in [0.3, 0.4) is 0 Å². The maximum Gasteiger partial charge on any atom is 0.289 e. The largest absolute Gasteiger partial charge is 0.289 e. The normalized spacial score (nSPS) is 20.3. The number of nitro groups is 1. The van der Waals surface area contributed by atoms with Gasteiger partial charge in [0.15, 0.2) is 4.90 Å². The van der Waals surface area contributed by atoms with Gasteiger partial charge in [0.05, 0.1) is 17.1 Å². The van der Waals surface area contributed by atoms with Crippen molar-refractivity contribution in [3.05, 3.63) is 47.0 Å². The molecule has 0 radical (unpaired) electrons. The number of hydroxylamine groups is 1. The van der Waals surface area contributed by atoms with E-state index in [9.17, 15) is 18.5 Å². The Kier molecular flexibility index (Phi) is 8.59. The van der Waals surface area contributed by atoms with Crippen molar-refractivity contribution >= 4 is 15.7 Å². The maximum absolute atomic E-state index is 13.0. The first-order valence-corrected chi connectivity index (χ1v) is 11.4. The topological polar surface area (TPSA) is 89.8 Å². The summed E-state index contributed by atoms with van der Waals surface area (Å²) >= 11 is 0. The van der Waals surface area contributed by atoms with Gasteiger partial charge in [-0.25, -0.2) is 8.42 Å². The first-order valence-electron chi connectivity index (χ1n) is 9.99. The molecule has 0 bridgehead atoms. The van der Waals surface area contributed by atoms with E-state index in [1.54, 1.807) is 0 Å². The van der Waals surface area contributed by atoms with Gasteiger partial charge < -0.3 is 0 Å². The molecule has 2 rings (SSSR count). The lowest BCUT2D eigenvalue weighted by Crippen LogP contribution is -2.33. The highest BCUT2D eigenvalue weighted by atomic mass is 32.2. The first-order chi connectivity index (χ1) is 13.4. The van der Waals surface area contributed by atoms with Crippen molar-refractivity contribution in [1.82, 2.24) is 4.47 Å². The average Bonchev–Trinajstić information content (AvgIpc) is 3.11. The van der Waals surface area contributed by atoms with Gasteiger partial charge in [-0.1, -0.05) is 74.5 Å². The fourth-order valence-corrected chi connectivity index (χ4v) is 5.08. The zero-order chi connectivity index (χ0) is 20.6. The predicted octanol–water partition coefficient (Wildman–Crippen LogP) is 4.98. The molecule has 0 aliphatic carbocycles. The van der Waals surface area contributed by atoms with E-state index < -0.39 is 26.7 Å². The lowest BCUT2D eigenvalue weighted by molar-refractivity contribution is -0.387. The summed E-state index contributed by atoms with van der Waals surface area (Å²) in [6.45, 7) is 5.90.